The van der Waals surface area contributed by atoms with Crippen LogP contribution in [-0.4, -0.2) is 25.8 Å². The van der Waals surface area contributed by atoms with Crippen molar-refractivity contribution in [1.29, 1.82) is 0 Å². The second kappa shape index (κ2) is 6.36. The number of pyridine rings is 2. The van der Waals surface area contributed by atoms with Gasteiger partial charge >= 0.3 is 0 Å². The summed E-state index contributed by atoms with van der Waals surface area (Å²) in [5, 5.41) is 2.81. The predicted molar refractivity (Wildman–Crippen MR) is 96.2 cm³/mol. The second-order valence-electron chi connectivity index (χ2n) is 5.79. The van der Waals surface area contributed by atoms with Crippen molar-refractivity contribution in [2.75, 3.05) is 5.32 Å². The first-order valence-electron chi connectivity index (χ1n) is 7.95. The van der Waals surface area contributed by atoms with Gasteiger partial charge in [-0.25, -0.2) is 14.4 Å². The lowest BCUT2D eigenvalue weighted by Gasteiger charge is -2.05. The number of carbonyl (C=O) groups is 1. The van der Waals surface area contributed by atoms with Crippen molar-refractivity contribution in [2.45, 2.75) is 6.92 Å². The number of nitrogens with one attached hydrogen (secondary N) is 2. The Kier molecular flexibility index (Phi) is 3.89. The molecule has 0 saturated heterocycles. The zero-order valence-electron chi connectivity index (χ0n) is 13.8. The number of anilines is 1. The minimum Gasteiger partial charge on any atom is -0.336 e. The van der Waals surface area contributed by atoms with E-state index in [0.717, 1.165) is 5.69 Å². The summed E-state index contributed by atoms with van der Waals surface area (Å²) < 4.78 is 13.1. The summed E-state index contributed by atoms with van der Waals surface area (Å²) in [6.45, 7) is 1.87. The molecule has 0 aliphatic carbocycles. The van der Waals surface area contributed by atoms with E-state index in [2.05, 4.69) is 25.3 Å². The molecule has 3 heterocycles. The highest BCUT2D eigenvalue weighted by molar-refractivity contribution is 6.11. The molecule has 0 radical (unpaired) electrons. The Hall–Kier alpha value is -3.61. The van der Waals surface area contributed by atoms with Crippen LogP contribution in [0.1, 0.15) is 16.1 Å². The van der Waals surface area contributed by atoms with Crippen LogP contribution in [0.3, 0.4) is 0 Å². The van der Waals surface area contributed by atoms with Crippen LogP contribution in [0.15, 0.2) is 54.9 Å². The average Bonchev–Trinajstić information content (AvgIpc) is 3.08. The monoisotopic (exact) mass is 347 g/mol. The third-order valence-corrected chi connectivity index (χ3v) is 3.92. The molecule has 4 aromatic rings. The normalized spacial score (nSPS) is 10.8. The zero-order valence-corrected chi connectivity index (χ0v) is 13.8. The Morgan fingerprint density at radius 1 is 1.08 bits per heavy atom. The van der Waals surface area contributed by atoms with Gasteiger partial charge in [0.2, 0.25) is 0 Å². The van der Waals surface area contributed by atoms with E-state index in [4.69, 9.17) is 0 Å². The summed E-state index contributed by atoms with van der Waals surface area (Å²) in [5.74, 6) is -0.100. The molecular formula is C19H14FN5O. The lowest BCUT2D eigenvalue weighted by molar-refractivity contribution is 0.102. The number of hydrogen-bond acceptors (Lipinski definition) is 4. The van der Waals surface area contributed by atoms with Crippen molar-refractivity contribution < 1.29 is 9.18 Å². The van der Waals surface area contributed by atoms with Gasteiger partial charge in [0.25, 0.3) is 5.91 Å². The van der Waals surface area contributed by atoms with Crippen LogP contribution in [0.2, 0.25) is 0 Å². The number of amides is 1. The molecule has 3 aromatic heterocycles. The van der Waals surface area contributed by atoms with Crippen molar-refractivity contribution in [2.24, 2.45) is 0 Å². The maximum atomic E-state index is 13.1. The number of hydrogen-bond donors (Lipinski definition) is 2. The van der Waals surface area contributed by atoms with Crippen LogP contribution in [0, 0.1) is 12.7 Å². The molecule has 0 aliphatic rings. The number of halogens is 1. The van der Waals surface area contributed by atoms with E-state index in [-0.39, 0.29) is 11.7 Å². The fourth-order valence-electron chi connectivity index (χ4n) is 2.58. The molecule has 1 amide bonds. The Bertz CT molecular complexity index is 1090. The van der Waals surface area contributed by atoms with Gasteiger partial charge in [0.15, 0.2) is 5.65 Å². The Morgan fingerprint density at radius 3 is 2.62 bits per heavy atom. The van der Waals surface area contributed by atoms with Crippen LogP contribution in [-0.2, 0) is 0 Å². The smallest absolute Gasteiger partial charge is 0.258 e. The average molecular weight is 347 g/mol. The second-order valence-corrected chi connectivity index (χ2v) is 5.79. The molecule has 128 valence electrons. The summed E-state index contributed by atoms with van der Waals surface area (Å²) in [6, 6.07) is 11.2. The van der Waals surface area contributed by atoms with E-state index in [9.17, 15) is 9.18 Å². The van der Waals surface area contributed by atoms with Gasteiger partial charge in [-0.3, -0.25) is 9.78 Å². The summed E-state index contributed by atoms with van der Waals surface area (Å²) in [4.78, 5) is 28.5. The SMILES string of the molecule is Cc1ccc(NC(=O)c2ccnc3nc(-c4ccc(F)cc4)[nH]c23)cn1. The number of aromatic nitrogens is 4. The van der Waals surface area contributed by atoms with Gasteiger partial charge in [-0.1, -0.05) is 0 Å². The molecule has 7 heteroatoms. The molecule has 0 atom stereocenters. The maximum Gasteiger partial charge on any atom is 0.258 e. The standard InChI is InChI=1S/C19H14FN5O/c1-11-2-7-14(10-22-11)23-19(26)15-8-9-21-18-16(15)24-17(25-18)12-3-5-13(20)6-4-12/h2-10H,1H3,(H,23,26)(H,21,24,25). The first-order chi connectivity index (χ1) is 12.6. The van der Waals surface area contributed by atoms with E-state index in [0.29, 0.717) is 33.8 Å². The third-order valence-electron chi connectivity index (χ3n) is 3.92. The van der Waals surface area contributed by atoms with Crippen LogP contribution in [0.25, 0.3) is 22.6 Å². The first kappa shape index (κ1) is 15.9. The van der Waals surface area contributed by atoms with Crippen LogP contribution in [0.5, 0.6) is 0 Å². The number of aromatic amines is 1. The third kappa shape index (κ3) is 3.02. The molecule has 0 bridgehead atoms. The fourth-order valence-corrected chi connectivity index (χ4v) is 2.58. The van der Waals surface area contributed by atoms with Crippen LogP contribution in [0.4, 0.5) is 10.1 Å². The molecular weight excluding hydrogens is 333 g/mol. The van der Waals surface area contributed by atoms with E-state index in [1.54, 1.807) is 30.5 Å². The number of benzene rings is 1. The summed E-state index contributed by atoms with van der Waals surface area (Å²) in [5.41, 5.74) is 3.52. The highest BCUT2D eigenvalue weighted by Crippen LogP contribution is 2.22. The van der Waals surface area contributed by atoms with Gasteiger partial charge in [0.05, 0.1) is 23.0 Å². The lowest BCUT2D eigenvalue weighted by atomic mass is 10.2. The molecule has 0 saturated carbocycles. The van der Waals surface area contributed by atoms with E-state index >= 15 is 0 Å². The van der Waals surface area contributed by atoms with Crippen LogP contribution >= 0.6 is 0 Å². The molecule has 0 spiro atoms. The van der Waals surface area contributed by atoms with Crippen molar-refractivity contribution in [3.8, 4) is 11.4 Å². The molecule has 1 aromatic carbocycles. The zero-order chi connectivity index (χ0) is 18.1. The van der Waals surface area contributed by atoms with Crippen molar-refractivity contribution in [3.63, 3.8) is 0 Å². The number of carbonyl (C=O) groups excluding carboxylic acids is 1. The summed E-state index contributed by atoms with van der Waals surface area (Å²) in [6.07, 6.45) is 3.13. The van der Waals surface area contributed by atoms with E-state index < -0.39 is 0 Å². The summed E-state index contributed by atoms with van der Waals surface area (Å²) >= 11 is 0. The molecule has 0 fully saturated rings. The quantitative estimate of drug-likeness (QED) is 0.592. The number of fused-ring (bicyclic) bond motifs is 1. The Morgan fingerprint density at radius 2 is 1.88 bits per heavy atom. The highest BCUT2D eigenvalue weighted by Gasteiger charge is 2.15. The largest absolute Gasteiger partial charge is 0.336 e. The van der Waals surface area contributed by atoms with Crippen molar-refractivity contribution >= 4 is 22.8 Å². The van der Waals surface area contributed by atoms with E-state index in [1.165, 1.54) is 18.3 Å². The van der Waals surface area contributed by atoms with Crippen molar-refractivity contribution in [3.05, 3.63) is 71.9 Å². The van der Waals surface area contributed by atoms with Crippen LogP contribution < -0.4 is 5.32 Å². The number of H-pyrrole nitrogens is 1. The Labute approximate surface area is 148 Å². The number of rotatable bonds is 3. The molecule has 6 nitrogen and oxygen atoms in total. The highest BCUT2D eigenvalue weighted by atomic mass is 19.1. The van der Waals surface area contributed by atoms with Gasteiger partial charge < -0.3 is 10.3 Å². The van der Waals surface area contributed by atoms with Gasteiger partial charge in [-0.05, 0) is 49.4 Å². The van der Waals surface area contributed by atoms with Gasteiger partial charge in [-0.15, -0.1) is 0 Å². The molecule has 2 N–H and O–H groups in total. The van der Waals surface area contributed by atoms with E-state index in [1.807, 2.05) is 13.0 Å². The topological polar surface area (TPSA) is 83.6 Å². The van der Waals surface area contributed by atoms with Crippen molar-refractivity contribution in [1.82, 2.24) is 19.9 Å². The summed E-state index contributed by atoms with van der Waals surface area (Å²) in [7, 11) is 0. The number of aryl methyl sites for hydroxylation is 1. The minimum absolute atomic E-state index is 0.294. The van der Waals surface area contributed by atoms with Gasteiger partial charge in [-0.2, -0.15) is 0 Å². The molecule has 0 unspecified atom stereocenters. The Balaban J connectivity index is 1.70. The fraction of sp³-hybridized carbons (Fsp3) is 0.0526. The molecule has 0 aliphatic heterocycles. The first-order valence-corrected chi connectivity index (χ1v) is 7.95. The van der Waals surface area contributed by atoms with Gasteiger partial charge in [0.1, 0.15) is 11.6 Å². The predicted octanol–water partition coefficient (Wildman–Crippen LogP) is 3.72. The minimum atomic E-state index is -0.324. The van der Waals surface area contributed by atoms with Gasteiger partial charge in [0, 0.05) is 17.5 Å². The molecule has 26 heavy (non-hydrogen) atoms. The number of imidazole rings is 1. The number of nitrogens with zero attached hydrogens (tertiary/aromatic N) is 3. The molecule has 4 rings (SSSR count). The lowest BCUT2D eigenvalue weighted by Crippen LogP contribution is -2.12. The maximum absolute atomic E-state index is 13.1.